The zero-order valence-electron chi connectivity index (χ0n) is 12.4. The molecule has 2 fully saturated rings. The summed E-state index contributed by atoms with van der Waals surface area (Å²) in [5.41, 5.74) is 0.970. The van der Waals surface area contributed by atoms with Crippen LogP contribution in [0.4, 0.5) is 0 Å². The molecule has 3 rings (SSSR count). The first-order valence-corrected chi connectivity index (χ1v) is 7.86. The molecule has 2 amide bonds. The molecular weight excluding hydrogens is 304 g/mol. The largest absolute Gasteiger partial charge is 0.370 e. The fourth-order valence-electron chi connectivity index (χ4n) is 2.99. The van der Waals surface area contributed by atoms with Crippen molar-refractivity contribution in [2.75, 3.05) is 19.7 Å². The second-order valence-corrected chi connectivity index (χ2v) is 6.36. The maximum atomic E-state index is 12.7. The maximum absolute atomic E-state index is 12.7. The quantitative estimate of drug-likeness (QED) is 0.902. The number of ether oxygens (including phenoxy) is 1. The van der Waals surface area contributed by atoms with Crippen LogP contribution >= 0.6 is 11.6 Å². The molecule has 3 atom stereocenters. The smallest absolute Gasteiger partial charge is 0.228 e. The number of nitrogens with one attached hydrogen (secondary N) is 1. The molecule has 0 radical (unpaired) electrons. The zero-order chi connectivity index (χ0) is 15.7. The van der Waals surface area contributed by atoms with Crippen LogP contribution in [0, 0.1) is 5.92 Å². The second-order valence-electron chi connectivity index (χ2n) is 5.92. The van der Waals surface area contributed by atoms with Crippen LogP contribution < -0.4 is 5.32 Å². The first-order chi connectivity index (χ1) is 10.5. The highest BCUT2D eigenvalue weighted by molar-refractivity contribution is 6.30. The summed E-state index contributed by atoms with van der Waals surface area (Å²) in [6, 6.07) is 7.53. The Hall–Kier alpha value is -1.59. The first-order valence-electron chi connectivity index (χ1n) is 7.49. The van der Waals surface area contributed by atoms with Crippen LogP contribution in [-0.4, -0.2) is 42.5 Å². The van der Waals surface area contributed by atoms with Crippen molar-refractivity contribution < 1.29 is 14.3 Å². The fraction of sp³-hybridized carbons (Fsp3) is 0.500. The van der Waals surface area contributed by atoms with E-state index in [0.717, 1.165) is 5.56 Å². The molecule has 2 aliphatic heterocycles. The zero-order valence-corrected chi connectivity index (χ0v) is 13.2. The van der Waals surface area contributed by atoms with E-state index >= 15 is 0 Å². The van der Waals surface area contributed by atoms with Gasteiger partial charge in [0.25, 0.3) is 0 Å². The van der Waals surface area contributed by atoms with Crippen molar-refractivity contribution in [1.82, 2.24) is 10.2 Å². The molecule has 0 bridgehead atoms. The first kappa shape index (κ1) is 15.3. The van der Waals surface area contributed by atoms with Crippen LogP contribution in [0.3, 0.4) is 0 Å². The molecule has 0 aromatic heterocycles. The lowest BCUT2D eigenvalue weighted by Crippen LogP contribution is -2.50. The number of rotatable bonds is 2. The van der Waals surface area contributed by atoms with Gasteiger partial charge in [0.2, 0.25) is 11.8 Å². The van der Waals surface area contributed by atoms with Crippen molar-refractivity contribution in [2.45, 2.75) is 25.5 Å². The highest BCUT2D eigenvalue weighted by atomic mass is 35.5. The average Bonchev–Trinajstić information content (AvgIpc) is 2.93. The fourth-order valence-corrected chi connectivity index (χ4v) is 3.19. The van der Waals surface area contributed by atoms with E-state index in [2.05, 4.69) is 5.32 Å². The molecule has 1 N–H and O–H groups in total. The summed E-state index contributed by atoms with van der Waals surface area (Å²) in [7, 11) is 0. The normalized spacial score (nSPS) is 28.5. The van der Waals surface area contributed by atoms with E-state index in [1.165, 1.54) is 0 Å². The molecule has 1 aromatic rings. The summed E-state index contributed by atoms with van der Waals surface area (Å²) >= 11 is 6.03. The minimum Gasteiger partial charge on any atom is -0.370 e. The maximum Gasteiger partial charge on any atom is 0.228 e. The highest BCUT2D eigenvalue weighted by Gasteiger charge is 2.37. The minimum absolute atomic E-state index is 0.0126. The molecule has 2 heterocycles. The van der Waals surface area contributed by atoms with Crippen molar-refractivity contribution >= 4 is 23.4 Å². The molecule has 0 spiro atoms. The topological polar surface area (TPSA) is 58.6 Å². The lowest BCUT2D eigenvalue weighted by atomic mass is 10.0. The van der Waals surface area contributed by atoms with Crippen molar-refractivity contribution in [3.63, 3.8) is 0 Å². The minimum atomic E-state index is -0.256. The molecule has 0 unspecified atom stereocenters. The molecule has 118 valence electrons. The van der Waals surface area contributed by atoms with Gasteiger partial charge in [-0.1, -0.05) is 23.7 Å². The second kappa shape index (κ2) is 6.26. The third-order valence-corrected chi connectivity index (χ3v) is 4.50. The Balaban J connectivity index is 1.73. The van der Waals surface area contributed by atoms with E-state index in [1.807, 2.05) is 36.1 Å². The third kappa shape index (κ3) is 3.10. The van der Waals surface area contributed by atoms with Crippen LogP contribution in [0.2, 0.25) is 5.02 Å². The van der Waals surface area contributed by atoms with Crippen LogP contribution in [0.25, 0.3) is 0 Å². The van der Waals surface area contributed by atoms with E-state index < -0.39 is 0 Å². The Morgan fingerprint density at radius 1 is 1.45 bits per heavy atom. The Bertz CT molecular complexity index is 593. The van der Waals surface area contributed by atoms with Gasteiger partial charge in [0, 0.05) is 18.0 Å². The summed E-state index contributed by atoms with van der Waals surface area (Å²) in [5, 5.41) is 3.38. The van der Waals surface area contributed by atoms with Gasteiger partial charge in [0.1, 0.15) is 6.10 Å². The summed E-state index contributed by atoms with van der Waals surface area (Å²) in [6.45, 7) is 3.38. The summed E-state index contributed by atoms with van der Waals surface area (Å²) in [6.07, 6.45) is 0.106. The Labute approximate surface area is 134 Å². The number of hydrogen-bond donors (Lipinski definition) is 1. The van der Waals surface area contributed by atoms with Crippen molar-refractivity contribution in [3.05, 3.63) is 34.9 Å². The predicted octanol–water partition coefficient (Wildman–Crippen LogP) is 1.76. The van der Waals surface area contributed by atoms with E-state index in [1.54, 1.807) is 0 Å². The summed E-state index contributed by atoms with van der Waals surface area (Å²) in [4.78, 5) is 25.8. The Morgan fingerprint density at radius 2 is 2.27 bits per heavy atom. The number of carbonyl (C=O) groups is 2. The van der Waals surface area contributed by atoms with Crippen molar-refractivity contribution in [3.8, 4) is 0 Å². The van der Waals surface area contributed by atoms with Crippen molar-refractivity contribution in [1.29, 1.82) is 0 Å². The van der Waals surface area contributed by atoms with Crippen LogP contribution in [-0.2, 0) is 14.3 Å². The molecule has 6 heteroatoms. The van der Waals surface area contributed by atoms with Gasteiger partial charge in [-0.15, -0.1) is 0 Å². The molecule has 0 saturated carbocycles. The third-order valence-electron chi connectivity index (χ3n) is 4.26. The number of amides is 2. The Kier molecular flexibility index (Phi) is 4.36. The Morgan fingerprint density at radius 3 is 2.95 bits per heavy atom. The van der Waals surface area contributed by atoms with Gasteiger partial charge in [-0.05, 0) is 24.6 Å². The SMILES string of the molecule is C[C@@H]1CO[C@@H](c2cccc(Cl)c2)CN1C(=O)[C@H]1CNC(=O)C1. The lowest BCUT2D eigenvalue weighted by Gasteiger charge is -2.39. The number of nitrogens with zero attached hydrogens (tertiary/aromatic N) is 1. The predicted molar refractivity (Wildman–Crippen MR) is 82.4 cm³/mol. The summed E-state index contributed by atoms with van der Waals surface area (Å²) in [5.74, 6) is -0.278. The number of morpholine rings is 1. The van der Waals surface area contributed by atoms with Crippen LogP contribution in [0.1, 0.15) is 25.0 Å². The van der Waals surface area contributed by atoms with Gasteiger partial charge in [0.05, 0.1) is 25.1 Å². The van der Waals surface area contributed by atoms with Crippen molar-refractivity contribution in [2.24, 2.45) is 5.92 Å². The molecule has 0 aliphatic carbocycles. The molecule has 22 heavy (non-hydrogen) atoms. The number of hydrogen-bond acceptors (Lipinski definition) is 3. The monoisotopic (exact) mass is 322 g/mol. The van der Waals surface area contributed by atoms with E-state index in [-0.39, 0.29) is 36.3 Å². The number of benzene rings is 1. The highest BCUT2D eigenvalue weighted by Crippen LogP contribution is 2.28. The van der Waals surface area contributed by atoms with Gasteiger partial charge >= 0.3 is 0 Å². The van der Waals surface area contributed by atoms with E-state index in [9.17, 15) is 9.59 Å². The summed E-state index contributed by atoms with van der Waals surface area (Å²) < 4.78 is 5.86. The number of carbonyl (C=O) groups excluding carboxylic acids is 2. The van der Waals surface area contributed by atoms with E-state index in [0.29, 0.717) is 24.7 Å². The number of halogens is 1. The van der Waals surface area contributed by atoms with Gasteiger partial charge in [0.15, 0.2) is 0 Å². The molecular formula is C16H19ClN2O3. The molecule has 5 nitrogen and oxygen atoms in total. The van der Waals surface area contributed by atoms with Crippen LogP contribution in [0.15, 0.2) is 24.3 Å². The van der Waals surface area contributed by atoms with E-state index in [4.69, 9.17) is 16.3 Å². The average molecular weight is 323 g/mol. The standard InChI is InChI=1S/C16H19ClN2O3/c1-10-9-22-14(11-3-2-4-13(17)5-11)8-19(10)16(21)12-6-15(20)18-7-12/h2-5,10,12,14H,6-9H2,1H3,(H,18,20)/t10-,12-,14-/m1/s1. The molecule has 2 aliphatic rings. The van der Waals surface area contributed by atoms with Crippen LogP contribution in [0.5, 0.6) is 0 Å². The lowest BCUT2D eigenvalue weighted by molar-refractivity contribution is -0.148. The van der Waals surface area contributed by atoms with Gasteiger partial charge < -0.3 is 15.0 Å². The van der Waals surface area contributed by atoms with Gasteiger partial charge in [-0.2, -0.15) is 0 Å². The van der Waals surface area contributed by atoms with Gasteiger partial charge in [-0.3, -0.25) is 9.59 Å². The molecule has 2 saturated heterocycles. The molecule has 1 aromatic carbocycles. The van der Waals surface area contributed by atoms with Gasteiger partial charge in [-0.25, -0.2) is 0 Å².